The number of anilines is 2. The fraction of sp³-hybridized carbons (Fsp3) is 0.733. The second kappa shape index (κ2) is 5.95. The third-order valence-electron chi connectivity index (χ3n) is 4.16. The largest absolute Gasteiger partial charge is 0.371 e. The van der Waals surface area contributed by atoms with Crippen molar-refractivity contribution in [2.24, 2.45) is 0 Å². The number of fused-ring (bicyclic) bond motifs is 2. The van der Waals surface area contributed by atoms with E-state index in [1.165, 1.54) is 18.4 Å². The molecular formula is C15H24N4O. The smallest absolute Gasteiger partial charge is 0.137 e. The number of aromatic nitrogens is 2. The van der Waals surface area contributed by atoms with Gasteiger partial charge < -0.3 is 15.0 Å². The molecule has 2 fully saturated rings. The van der Waals surface area contributed by atoms with E-state index in [1.54, 1.807) is 6.33 Å². The predicted octanol–water partition coefficient (Wildman–Crippen LogP) is 2.23. The highest BCUT2D eigenvalue weighted by Crippen LogP contribution is 2.32. The van der Waals surface area contributed by atoms with Crippen molar-refractivity contribution in [3.63, 3.8) is 0 Å². The Morgan fingerprint density at radius 1 is 1.25 bits per heavy atom. The topological polar surface area (TPSA) is 50.3 Å². The van der Waals surface area contributed by atoms with Crippen molar-refractivity contribution in [3.05, 3.63) is 11.9 Å². The van der Waals surface area contributed by atoms with Crippen LogP contribution in [-0.4, -0.2) is 41.8 Å². The Morgan fingerprint density at radius 3 is 2.65 bits per heavy atom. The molecule has 1 aromatic rings. The molecule has 0 amide bonds. The average molecular weight is 276 g/mol. The van der Waals surface area contributed by atoms with E-state index in [0.717, 1.165) is 44.1 Å². The standard InChI is InChI=1S/C15H24N4O/c1-3-7-16-14-13(4-2)15(18-10-17-14)19-8-11-5-6-12(9-19)20-11/h10-12H,3-9H2,1-2H3,(H,16,17,18). The zero-order valence-corrected chi connectivity index (χ0v) is 12.4. The molecule has 1 aromatic heterocycles. The Morgan fingerprint density at radius 2 is 2.00 bits per heavy atom. The van der Waals surface area contributed by atoms with Crippen LogP contribution in [0.15, 0.2) is 6.33 Å². The normalized spacial score (nSPS) is 25.0. The van der Waals surface area contributed by atoms with Crippen LogP contribution in [0.25, 0.3) is 0 Å². The van der Waals surface area contributed by atoms with Crippen LogP contribution in [0, 0.1) is 0 Å². The van der Waals surface area contributed by atoms with E-state index in [2.05, 4.69) is 34.0 Å². The summed E-state index contributed by atoms with van der Waals surface area (Å²) in [7, 11) is 0. The minimum absolute atomic E-state index is 0.389. The highest BCUT2D eigenvalue weighted by molar-refractivity contribution is 5.59. The van der Waals surface area contributed by atoms with Gasteiger partial charge in [-0.05, 0) is 25.7 Å². The fourth-order valence-corrected chi connectivity index (χ4v) is 3.18. The molecule has 2 saturated heterocycles. The molecule has 0 saturated carbocycles. The number of nitrogens with one attached hydrogen (secondary N) is 1. The summed E-state index contributed by atoms with van der Waals surface area (Å²) in [6.45, 7) is 7.23. The van der Waals surface area contributed by atoms with Crippen LogP contribution in [0.2, 0.25) is 0 Å². The van der Waals surface area contributed by atoms with Crippen LogP contribution in [-0.2, 0) is 11.2 Å². The molecule has 0 radical (unpaired) electrons. The average Bonchev–Trinajstić information content (AvgIpc) is 2.83. The molecular weight excluding hydrogens is 252 g/mol. The molecule has 0 spiro atoms. The van der Waals surface area contributed by atoms with Gasteiger partial charge >= 0.3 is 0 Å². The lowest BCUT2D eigenvalue weighted by atomic mass is 10.2. The monoisotopic (exact) mass is 276 g/mol. The summed E-state index contributed by atoms with van der Waals surface area (Å²) < 4.78 is 5.92. The molecule has 2 atom stereocenters. The molecule has 3 heterocycles. The second-order valence-corrected chi connectivity index (χ2v) is 5.67. The molecule has 110 valence electrons. The summed E-state index contributed by atoms with van der Waals surface area (Å²) in [5.41, 5.74) is 1.24. The van der Waals surface area contributed by atoms with Crippen molar-refractivity contribution in [2.75, 3.05) is 29.9 Å². The quantitative estimate of drug-likeness (QED) is 0.893. The summed E-state index contributed by atoms with van der Waals surface area (Å²) in [5.74, 6) is 2.10. The van der Waals surface area contributed by atoms with E-state index in [0.29, 0.717) is 12.2 Å². The Balaban J connectivity index is 1.84. The van der Waals surface area contributed by atoms with E-state index < -0.39 is 0 Å². The van der Waals surface area contributed by atoms with Crippen molar-refractivity contribution >= 4 is 11.6 Å². The van der Waals surface area contributed by atoms with Gasteiger partial charge in [0, 0.05) is 25.2 Å². The molecule has 2 aliphatic heterocycles. The van der Waals surface area contributed by atoms with Crippen molar-refractivity contribution in [1.29, 1.82) is 0 Å². The number of rotatable bonds is 5. The third kappa shape index (κ3) is 2.59. The molecule has 2 unspecified atom stereocenters. The SMILES string of the molecule is CCCNc1ncnc(N2CC3CCC(C2)O3)c1CC. The van der Waals surface area contributed by atoms with Crippen molar-refractivity contribution in [1.82, 2.24) is 9.97 Å². The number of nitrogens with zero attached hydrogens (tertiary/aromatic N) is 3. The molecule has 5 heteroatoms. The van der Waals surface area contributed by atoms with E-state index in [4.69, 9.17) is 4.74 Å². The lowest BCUT2D eigenvalue weighted by Crippen LogP contribution is -2.43. The highest BCUT2D eigenvalue weighted by Gasteiger charge is 2.35. The van der Waals surface area contributed by atoms with Gasteiger partial charge in [-0.15, -0.1) is 0 Å². The molecule has 0 aromatic carbocycles. The Labute approximate surface area is 120 Å². The summed E-state index contributed by atoms with van der Waals surface area (Å²) in [6, 6.07) is 0. The highest BCUT2D eigenvalue weighted by atomic mass is 16.5. The number of hydrogen-bond donors (Lipinski definition) is 1. The van der Waals surface area contributed by atoms with Crippen LogP contribution in [0.5, 0.6) is 0 Å². The van der Waals surface area contributed by atoms with Gasteiger partial charge in [-0.2, -0.15) is 0 Å². The van der Waals surface area contributed by atoms with Gasteiger partial charge in [0.25, 0.3) is 0 Å². The van der Waals surface area contributed by atoms with Gasteiger partial charge in [-0.3, -0.25) is 0 Å². The first-order valence-corrected chi connectivity index (χ1v) is 7.80. The fourth-order valence-electron chi connectivity index (χ4n) is 3.18. The Bertz CT molecular complexity index is 453. The van der Waals surface area contributed by atoms with Crippen LogP contribution < -0.4 is 10.2 Å². The first-order valence-electron chi connectivity index (χ1n) is 7.80. The predicted molar refractivity (Wildman–Crippen MR) is 80.3 cm³/mol. The summed E-state index contributed by atoms with van der Waals surface area (Å²) in [5, 5.41) is 3.42. The molecule has 5 nitrogen and oxygen atoms in total. The maximum atomic E-state index is 5.92. The minimum Gasteiger partial charge on any atom is -0.371 e. The molecule has 2 aliphatic rings. The second-order valence-electron chi connectivity index (χ2n) is 5.67. The maximum Gasteiger partial charge on any atom is 0.137 e. The Kier molecular flexibility index (Phi) is 4.05. The van der Waals surface area contributed by atoms with Crippen molar-refractivity contribution in [2.45, 2.75) is 51.7 Å². The first kappa shape index (κ1) is 13.6. The van der Waals surface area contributed by atoms with Crippen molar-refractivity contribution in [3.8, 4) is 0 Å². The number of morpholine rings is 1. The summed E-state index contributed by atoms with van der Waals surface area (Å²) in [6.07, 6.45) is 6.90. The zero-order chi connectivity index (χ0) is 13.9. The first-order chi connectivity index (χ1) is 9.81. The van der Waals surface area contributed by atoms with Gasteiger partial charge in [-0.1, -0.05) is 13.8 Å². The van der Waals surface area contributed by atoms with Crippen LogP contribution in [0.3, 0.4) is 0 Å². The molecule has 0 aliphatic carbocycles. The molecule has 1 N–H and O–H groups in total. The molecule has 2 bridgehead atoms. The summed E-state index contributed by atoms with van der Waals surface area (Å²) >= 11 is 0. The van der Waals surface area contributed by atoms with Crippen LogP contribution in [0.4, 0.5) is 11.6 Å². The van der Waals surface area contributed by atoms with E-state index in [-0.39, 0.29) is 0 Å². The maximum absolute atomic E-state index is 5.92. The van der Waals surface area contributed by atoms with Gasteiger partial charge in [0.05, 0.1) is 12.2 Å². The number of hydrogen-bond acceptors (Lipinski definition) is 5. The van der Waals surface area contributed by atoms with Gasteiger partial charge in [0.15, 0.2) is 0 Å². The van der Waals surface area contributed by atoms with Gasteiger partial charge in [0.2, 0.25) is 0 Å². The van der Waals surface area contributed by atoms with Crippen LogP contribution in [0.1, 0.15) is 38.7 Å². The lowest BCUT2D eigenvalue weighted by Gasteiger charge is -2.34. The lowest BCUT2D eigenvalue weighted by molar-refractivity contribution is 0.0301. The number of ether oxygens (including phenoxy) is 1. The van der Waals surface area contributed by atoms with Gasteiger partial charge in [-0.25, -0.2) is 9.97 Å². The van der Waals surface area contributed by atoms with E-state index >= 15 is 0 Å². The minimum atomic E-state index is 0.389. The zero-order valence-electron chi connectivity index (χ0n) is 12.4. The Hall–Kier alpha value is -1.36. The van der Waals surface area contributed by atoms with Crippen LogP contribution >= 0.6 is 0 Å². The van der Waals surface area contributed by atoms with E-state index in [9.17, 15) is 0 Å². The summed E-state index contributed by atoms with van der Waals surface area (Å²) in [4.78, 5) is 11.4. The molecule has 3 rings (SSSR count). The van der Waals surface area contributed by atoms with Gasteiger partial charge in [0.1, 0.15) is 18.0 Å². The molecule has 20 heavy (non-hydrogen) atoms. The van der Waals surface area contributed by atoms with Crippen molar-refractivity contribution < 1.29 is 4.74 Å². The third-order valence-corrected chi connectivity index (χ3v) is 4.16. The van der Waals surface area contributed by atoms with E-state index in [1.807, 2.05) is 0 Å².